The van der Waals surface area contributed by atoms with Gasteiger partial charge in [0.15, 0.2) is 5.82 Å². The van der Waals surface area contributed by atoms with Gasteiger partial charge in [-0.2, -0.15) is 5.10 Å². The highest BCUT2D eigenvalue weighted by molar-refractivity contribution is 6.30. The Kier molecular flexibility index (Phi) is 3.93. The van der Waals surface area contributed by atoms with Crippen LogP contribution >= 0.6 is 11.6 Å². The SMILES string of the molecule is CCc1nc2n(n1)C[C@@H](NC(=O)[C@@H]1C[C@]13CCOc1ccc(Cl)cc13)CC2. The third kappa shape index (κ3) is 2.81. The fraction of sp³-hybridized carbons (Fsp3) is 0.550. The topological polar surface area (TPSA) is 69.0 Å². The molecule has 0 radical (unpaired) electrons. The Bertz CT molecular complexity index is 911. The number of benzene rings is 1. The van der Waals surface area contributed by atoms with Crippen molar-refractivity contribution < 1.29 is 9.53 Å². The molecule has 0 unspecified atom stereocenters. The molecule has 1 aromatic heterocycles. The summed E-state index contributed by atoms with van der Waals surface area (Å²) in [5.74, 6) is 2.94. The Morgan fingerprint density at radius 2 is 2.37 bits per heavy atom. The van der Waals surface area contributed by atoms with Gasteiger partial charge in [0.25, 0.3) is 0 Å². The molecule has 5 rings (SSSR count). The van der Waals surface area contributed by atoms with E-state index in [1.807, 2.05) is 22.9 Å². The molecule has 1 spiro atoms. The summed E-state index contributed by atoms with van der Waals surface area (Å²) in [5.41, 5.74) is 0.988. The second-order valence-corrected chi connectivity index (χ2v) is 8.31. The summed E-state index contributed by atoms with van der Waals surface area (Å²) < 4.78 is 7.73. The average Bonchev–Trinajstić information content (AvgIpc) is 3.23. The largest absolute Gasteiger partial charge is 0.493 e. The average molecular weight is 387 g/mol. The fourth-order valence-corrected chi connectivity index (χ4v) is 4.82. The van der Waals surface area contributed by atoms with Crippen LogP contribution in [0.3, 0.4) is 0 Å². The van der Waals surface area contributed by atoms with Gasteiger partial charge in [0, 0.05) is 40.8 Å². The summed E-state index contributed by atoms with van der Waals surface area (Å²) in [6.07, 6.45) is 4.36. The van der Waals surface area contributed by atoms with Crippen molar-refractivity contribution in [1.82, 2.24) is 20.1 Å². The van der Waals surface area contributed by atoms with Gasteiger partial charge in [-0.25, -0.2) is 9.67 Å². The Morgan fingerprint density at radius 1 is 1.48 bits per heavy atom. The number of carbonyl (C=O) groups is 1. The van der Waals surface area contributed by atoms with E-state index in [9.17, 15) is 4.79 Å². The third-order valence-electron chi connectivity index (χ3n) is 6.24. The Labute approximate surface area is 163 Å². The predicted octanol–water partition coefficient (Wildman–Crippen LogP) is 2.67. The molecule has 0 saturated heterocycles. The van der Waals surface area contributed by atoms with Crippen molar-refractivity contribution in [3.05, 3.63) is 40.4 Å². The van der Waals surface area contributed by atoms with Crippen LogP contribution in [0.4, 0.5) is 0 Å². The molecule has 3 aliphatic rings. The van der Waals surface area contributed by atoms with E-state index in [1.165, 1.54) is 0 Å². The van der Waals surface area contributed by atoms with Crippen molar-refractivity contribution in [1.29, 1.82) is 0 Å². The van der Waals surface area contributed by atoms with Crippen LogP contribution in [-0.2, 0) is 29.6 Å². The van der Waals surface area contributed by atoms with Crippen molar-refractivity contribution in [2.24, 2.45) is 5.92 Å². The van der Waals surface area contributed by atoms with Gasteiger partial charge in [-0.1, -0.05) is 18.5 Å². The third-order valence-corrected chi connectivity index (χ3v) is 6.48. The summed E-state index contributed by atoms with van der Waals surface area (Å²) >= 11 is 6.20. The van der Waals surface area contributed by atoms with Crippen molar-refractivity contribution >= 4 is 17.5 Å². The Hall–Kier alpha value is -2.08. The lowest BCUT2D eigenvalue weighted by atomic mass is 9.87. The molecule has 2 aromatic rings. The molecular weight excluding hydrogens is 364 g/mol. The first-order valence-corrected chi connectivity index (χ1v) is 10.1. The zero-order valence-electron chi connectivity index (χ0n) is 15.4. The number of carbonyl (C=O) groups excluding carboxylic acids is 1. The van der Waals surface area contributed by atoms with Gasteiger partial charge in [0.05, 0.1) is 13.2 Å². The van der Waals surface area contributed by atoms with Crippen LogP contribution in [0.25, 0.3) is 0 Å². The number of halogens is 1. The number of hydrogen-bond acceptors (Lipinski definition) is 4. The van der Waals surface area contributed by atoms with Crippen LogP contribution in [0.1, 0.15) is 43.4 Å². The molecule has 3 heterocycles. The first kappa shape index (κ1) is 17.0. The van der Waals surface area contributed by atoms with Gasteiger partial charge in [0.2, 0.25) is 5.91 Å². The van der Waals surface area contributed by atoms with Crippen LogP contribution < -0.4 is 10.1 Å². The lowest BCUT2D eigenvalue weighted by molar-refractivity contribution is -0.123. The number of rotatable bonds is 3. The maximum Gasteiger partial charge on any atom is 0.224 e. The highest BCUT2D eigenvalue weighted by Gasteiger charge is 2.61. The first-order chi connectivity index (χ1) is 13.1. The molecule has 3 atom stereocenters. The predicted molar refractivity (Wildman–Crippen MR) is 101 cm³/mol. The van der Waals surface area contributed by atoms with Crippen molar-refractivity contribution in [2.45, 2.75) is 57.0 Å². The van der Waals surface area contributed by atoms with Gasteiger partial charge in [0.1, 0.15) is 11.6 Å². The van der Waals surface area contributed by atoms with Crippen molar-refractivity contribution in [3.63, 3.8) is 0 Å². The van der Waals surface area contributed by atoms with E-state index in [0.29, 0.717) is 18.2 Å². The molecular formula is C20H23ClN4O2. The summed E-state index contributed by atoms with van der Waals surface area (Å²) in [5, 5.41) is 8.49. The summed E-state index contributed by atoms with van der Waals surface area (Å²) in [6.45, 7) is 3.42. The number of nitrogens with zero attached hydrogens (tertiary/aromatic N) is 3. The van der Waals surface area contributed by atoms with Crippen molar-refractivity contribution in [2.75, 3.05) is 6.61 Å². The van der Waals surface area contributed by atoms with Crippen LogP contribution in [-0.4, -0.2) is 33.3 Å². The summed E-state index contributed by atoms with van der Waals surface area (Å²) in [7, 11) is 0. The van der Waals surface area contributed by atoms with E-state index in [1.54, 1.807) is 0 Å². The number of hydrogen-bond donors (Lipinski definition) is 1. The molecule has 0 bridgehead atoms. The zero-order valence-corrected chi connectivity index (χ0v) is 16.1. The van der Waals surface area contributed by atoms with E-state index in [4.69, 9.17) is 16.3 Å². The van der Waals surface area contributed by atoms with E-state index in [2.05, 4.69) is 22.3 Å². The number of nitrogens with one attached hydrogen (secondary N) is 1. The molecule has 27 heavy (non-hydrogen) atoms. The first-order valence-electron chi connectivity index (χ1n) is 9.75. The van der Waals surface area contributed by atoms with E-state index < -0.39 is 0 Å². The van der Waals surface area contributed by atoms with E-state index in [-0.39, 0.29) is 23.3 Å². The normalized spacial score (nSPS) is 28.2. The number of aromatic nitrogens is 3. The highest BCUT2D eigenvalue weighted by atomic mass is 35.5. The Balaban J connectivity index is 1.29. The van der Waals surface area contributed by atoms with E-state index >= 15 is 0 Å². The summed E-state index contributed by atoms with van der Waals surface area (Å²) in [6, 6.07) is 5.86. The number of amides is 1. The van der Waals surface area contributed by atoms with Gasteiger partial charge >= 0.3 is 0 Å². The molecule has 7 heteroatoms. The standard InChI is InChI=1S/C20H23ClN4O2/c1-2-17-23-18-6-4-13(11-25(18)24-17)22-19(26)15-10-20(15)7-8-27-16-5-3-12(21)9-14(16)20/h3,5,9,13,15H,2,4,6-8,10-11H2,1H3,(H,22,26)/t13-,15-,20-/m0/s1. The smallest absolute Gasteiger partial charge is 0.224 e. The maximum absolute atomic E-state index is 13.0. The van der Waals surface area contributed by atoms with Gasteiger partial charge in [-0.3, -0.25) is 4.79 Å². The zero-order chi connectivity index (χ0) is 18.6. The van der Waals surface area contributed by atoms with E-state index in [0.717, 1.165) is 55.1 Å². The molecule has 1 N–H and O–H groups in total. The van der Waals surface area contributed by atoms with Crippen molar-refractivity contribution in [3.8, 4) is 5.75 Å². The molecule has 1 fully saturated rings. The summed E-state index contributed by atoms with van der Waals surface area (Å²) in [4.78, 5) is 17.5. The highest BCUT2D eigenvalue weighted by Crippen LogP contribution is 2.61. The Morgan fingerprint density at radius 3 is 3.22 bits per heavy atom. The molecule has 1 amide bonds. The van der Waals surface area contributed by atoms with Gasteiger partial charge in [-0.05, 0) is 37.5 Å². The number of aryl methyl sites for hydroxylation is 2. The second kappa shape index (κ2) is 6.23. The van der Waals surface area contributed by atoms with Crippen LogP contribution in [0, 0.1) is 5.92 Å². The second-order valence-electron chi connectivity index (χ2n) is 7.88. The molecule has 2 aliphatic heterocycles. The van der Waals surface area contributed by atoms with Crippen LogP contribution in [0.15, 0.2) is 18.2 Å². The lowest BCUT2D eigenvalue weighted by Crippen LogP contribution is -2.43. The van der Waals surface area contributed by atoms with Crippen LogP contribution in [0.5, 0.6) is 5.75 Å². The number of ether oxygens (including phenoxy) is 1. The molecule has 1 saturated carbocycles. The molecule has 1 aromatic carbocycles. The van der Waals surface area contributed by atoms with Crippen LogP contribution in [0.2, 0.25) is 5.02 Å². The minimum atomic E-state index is -0.106. The molecule has 1 aliphatic carbocycles. The fourth-order valence-electron chi connectivity index (χ4n) is 4.65. The van der Waals surface area contributed by atoms with Gasteiger partial charge < -0.3 is 10.1 Å². The number of fused-ring (bicyclic) bond motifs is 3. The molecule has 6 nitrogen and oxygen atoms in total. The lowest BCUT2D eigenvalue weighted by Gasteiger charge is -2.28. The minimum absolute atomic E-state index is 0.00182. The monoisotopic (exact) mass is 386 g/mol. The van der Waals surface area contributed by atoms with Gasteiger partial charge in [-0.15, -0.1) is 0 Å². The molecule has 142 valence electrons. The maximum atomic E-state index is 13.0. The quantitative estimate of drug-likeness (QED) is 0.880. The minimum Gasteiger partial charge on any atom is -0.493 e.